The van der Waals surface area contributed by atoms with E-state index in [-0.39, 0.29) is 24.3 Å². The zero-order chi connectivity index (χ0) is 22.5. The van der Waals surface area contributed by atoms with Crippen molar-refractivity contribution >= 4 is 28.4 Å². The highest BCUT2D eigenvalue weighted by Crippen LogP contribution is 2.26. The van der Waals surface area contributed by atoms with Crippen LogP contribution in [-0.4, -0.2) is 37.3 Å². The zero-order valence-corrected chi connectivity index (χ0v) is 18.3. The molecular weight excluding hydrogens is 430 g/mol. The van der Waals surface area contributed by atoms with Crippen molar-refractivity contribution in [2.24, 2.45) is 0 Å². The van der Waals surface area contributed by atoms with Gasteiger partial charge >= 0.3 is 0 Å². The molecule has 0 saturated carbocycles. The van der Waals surface area contributed by atoms with Gasteiger partial charge in [0.15, 0.2) is 0 Å². The quantitative estimate of drug-likeness (QED) is 0.403. The Kier molecular flexibility index (Phi) is 6.61. The number of nitrogens with zero attached hydrogens (tertiary/aromatic N) is 5. The molecule has 0 radical (unpaired) electrons. The van der Waals surface area contributed by atoms with Crippen molar-refractivity contribution < 1.29 is 9.21 Å². The van der Waals surface area contributed by atoms with Crippen molar-refractivity contribution in [3.8, 4) is 11.5 Å². The van der Waals surface area contributed by atoms with E-state index in [1.54, 1.807) is 27.8 Å². The second-order valence-electron chi connectivity index (χ2n) is 7.30. The zero-order valence-electron chi connectivity index (χ0n) is 17.6. The maximum Gasteiger partial charge on any atom is 0.249 e. The van der Waals surface area contributed by atoms with Crippen LogP contribution in [0.15, 0.2) is 63.9 Å². The van der Waals surface area contributed by atoms with Gasteiger partial charge in [-0.2, -0.15) is 5.10 Å². The largest absolute Gasteiger partial charge is 0.419 e. The first-order chi connectivity index (χ1) is 15.6. The minimum Gasteiger partial charge on any atom is -0.419 e. The summed E-state index contributed by atoms with van der Waals surface area (Å²) in [4.78, 5) is 26.7. The predicted molar refractivity (Wildman–Crippen MR) is 121 cm³/mol. The van der Waals surface area contributed by atoms with Crippen LogP contribution < -0.4 is 5.43 Å². The highest BCUT2D eigenvalue weighted by Gasteiger charge is 2.18. The van der Waals surface area contributed by atoms with Gasteiger partial charge in [-0.05, 0) is 30.7 Å². The summed E-state index contributed by atoms with van der Waals surface area (Å²) in [5.41, 5.74) is 1.22. The van der Waals surface area contributed by atoms with E-state index in [0.29, 0.717) is 46.4 Å². The average Bonchev–Trinajstić information content (AvgIpc) is 3.27. The Hall–Kier alpha value is -3.52. The molecule has 0 atom stereocenters. The Morgan fingerprint density at radius 1 is 1.12 bits per heavy atom. The molecule has 2 heterocycles. The molecule has 9 heteroatoms. The van der Waals surface area contributed by atoms with Crippen molar-refractivity contribution in [1.82, 2.24) is 24.9 Å². The number of carbonyl (C=O) groups excluding carboxylic acids is 1. The fourth-order valence-corrected chi connectivity index (χ4v) is 3.70. The highest BCUT2D eigenvalue weighted by atomic mass is 35.5. The minimum atomic E-state index is -0.137. The molecule has 0 spiro atoms. The van der Waals surface area contributed by atoms with Gasteiger partial charge in [0, 0.05) is 18.4 Å². The molecule has 0 unspecified atom stereocenters. The molecule has 4 rings (SSSR count). The lowest BCUT2D eigenvalue weighted by molar-refractivity contribution is -0.132. The third-order valence-corrected chi connectivity index (χ3v) is 5.37. The second kappa shape index (κ2) is 9.74. The van der Waals surface area contributed by atoms with Crippen LogP contribution in [0, 0.1) is 0 Å². The lowest BCUT2D eigenvalue weighted by Gasteiger charge is -2.20. The van der Waals surface area contributed by atoms with Gasteiger partial charge in [-0.3, -0.25) is 14.3 Å². The Morgan fingerprint density at radius 3 is 2.72 bits per heavy atom. The number of para-hydroxylation sites is 1. The predicted octanol–water partition coefficient (Wildman–Crippen LogP) is 3.93. The molecule has 0 aliphatic heterocycles. The van der Waals surface area contributed by atoms with E-state index in [1.807, 2.05) is 37.3 Å². The van der Waals surface area contributed by atoms with Gasteiger partial charge in [-0.15, -0.1) is 10.2 Å². The summed E-state index contributed by atoms with van der Waals surface area (Å²) in [6.45, 7) is 3.12. The van der Waals surface area contributed by atoms with Crippen LogP contribution in [0.4, 0.5) is 0 Å². The summed E-state index contributed by atoms with van der Waals surface area (Å²) >= 11 is 6.20. The van der Waals surface area contributed by atoms with Gasteiger partial charge in [0.05, 0.1) is 35.4 Å². The molecule has 2 aromatic heterocycles. The van der Waals surface area contributed by atoms with Crippen molar-refractivity contribution in [3.63, 3.8) is 0 Å². The Labute approximate surface area is 189 Å². The van der Waals surface area contributed by atoms with Gasteiger partial charge < -0.3 is 9.32 Å². The van der Waals surface area contributed by atoms with Crippen LogP contribution in [0.25, 0.3) is 22.4 Å². The SMILES string of the molecule is CCCN(Cc1nnc(-c2ccccc2Cl)o1)C(=O)CCn1ncc(=O)c2ccccc21. The van der Waals surface area contributed by atoms with Gasteiger partial charge in [-0.1, -0.05) is 42.8 Å². The van der Waals surface area contributed by atoms with E-state index in [4.69, 9.17) is 16.0 Å². The summed E-state index contributed by atoms with van der Waals surface area (Å²) in [5.74, 6) is 0.598. The third kappa shape index (κ3) is 4.70. The molecular formula is C23H22ClN5O3. The van der Waals surface area contributed by atoms with E-state index in [0.717, 1.165) is 6.42 Å². The maximum atomic E-state index is 13.0. The number of benzene rings is 2. The molecule has 1 amide bonds. The fraction of sp³-hybridized carbons (Fsp3) is 0.261. The number of amides is 1. The smallest absolute Gasteiger partial charge is 0.249 e. The molecule has 0 bridgehead atoms. The molecule has 2 aromatic carbocycles. The van der Waals surface area contributed by atoms with Crippen LogP contribution in [0.3, 0.4) is 0 Å². The fourth-order valence-electron chi connectivity index (χ4n) is 3.48. The van der Waals surface area contributed by atoms with Crippen LogP contribution in [0.5, 0.6) is 0 Å². The highest BCUT2D eigenvalue weighted by molar-refractivity contribution is 6.33. The third-order valence-electron chi connectivity index (χ3n) is 5.04. The minimum absolute atomic E-state index is 0.0612. The lowest BCUT2D eigenvalue weighted by Crippen LogP contribution is -2.32. The van der Waals surface area contributed by atoms with Gasteiger partial charge in [0.1, 0.15) is 0 Å². The molecule has 0 aliphatic rings. The number of hydrogen-bond acceptors (Lipinski definition) is 6. The summed E-state index contributed by atoms with van der Waals surface area (Å²) in [7, 11) is 0. The van der Waals surface area contributed by atoms with Gasteiger partial charge in [-0.25, -0.2) is 0 Å². The monoisotopic (exact) mass is 451 g/mol. The van der Waals surface area contributed by atoms with Gasteiger partial charge in [0.2, 0.25) is 23.1 Å². The molecule has 0 aliphatic carbocycles. The summed E-state index contributed by atoms with van der Waals surface area (Å²) < 4.78 is 7.44. The Morgan fingerprint density at radius 2 is 1.91 bits per heavy atom. The van der Waals surface area contributed by atoms with E-state index in [2.05, 4.69) is 15.3 Å². The van der Waals surface area contributed by atoms with Crippen molar-refractivity contribution in [2.45, 2.75) is 32.9 Å². The van der Waals surface area contributed by atoms with Crippen LogP contribution in [-0.2, 0) is 17.9 Å². The Balaban J connectivity index is 1.47. The van der Waals surface area contributed by atoms with Crippen molar-refractivity contribution in [1.29, 1.82) is 0 Å². The van der Waals surface area contributed by atoms with Crippen molar-refractivity contribution in [2.75, 3.05) is 6.54 Å². The number of aromatic nitrogens is 4. The summed E-state index contributed by atoms with van der Waals surface area (Å²) in [6, 6.07) is 14.5. The van der Waals surface area contributed by atoms with Crippen molar-refractivity contribution in [3.05, 3.63) is 75.9 Å². The molecule has 164 valence electrons. The number of hydrogen-bond donors (Lipinski definition) is 0. The number of fused-ring (bicyclic) bond motifs is 1. The number of carbonyl (C=O) groups is 1. The van der Waals surface area contributed by atoms with Crippen LogP contribution in [0.2, 0.25) is 5.02 Å². The molecule has 8 nitrogen and oxygen atoms in total. The van der Waals surface area contributed by atoms with Crippen LogP contribution in [0.1, 0.15) is 25.7 Å². The first-order valence-corrected chi connectivity index (χ1v) is 10.7. The number of halogens is 1. The first-order valence-electron chi connectivity index (χ1n) is 10.4. The lowest BCUT2D eigenvalue weighted by atomic mass is 10.2. The molecule has 0 fully saturated rings. The topological polar surface area (TPSA) is 94.1 Å². The van der Waals surface area contributed by atoms with E-state index < -0.39 is 0 Å². The maximum absolute atomic E-state index is 13.0. The number of rotatable bonds is 8. The molecule has 0 saturated heterocycles. The molecule has 0 N–H and O–H groups in total. The van der Waals surface area contributed by atoms with Gasteiger partial charge in [0.25, 0.3) is 0 Å². The normalized spacial score (nSPS) is 11.1. The van der Waals surface area contributed by atoms with E-state index in [1.165, 1.54) is 6.20 Å². The van der Waals surface area contributed by atoms with Crippen LogP contribution >= 0.6 is 11.6 Å². The van der Waals surface area contributed by atoms with E-state index in [9.17, 15) is 9.59 Å². The molecule has 32 heavy (non-hydrogen) atoms. The second-order valence-corrected chi connectivity index (χ2v) is 7.70. The van der Waals surface area contributed by atoms with E-state index >= 15 is 0 Å². The average molecular weight is 452 g/mol. The summed E-state index contributed by atoms with van der Waals surface area (Å²) in [5, 5.41) is 13.5. The standard InChI is InChI=1S/C23H22ClN5O3/c1-2-12-28(15-21-26-27-23(32-21)16-7-3-5-9-18(16)24)22(31)11-13-29-19-10-6-4-8-17(19)20(30)14-25-29/h3-10,14H,2,11-13,15H2,1H3. The first kappa shape index (κ1) is 21.7. The Bertz CT molecular complexity index is 1300. The number of aryl methyl sites for hydroxylation is 1. The molecule has 4 aromatic rings. The summed E-state index contributed by atoms with van der Waals surface area (Å²) in [6.07, 6.45) is 2.30.